The number of nitrogens with one attached hydrogen (secondary N) is 1. The summed E-state index contributed by atoms with van der Waals surface area (Å²) in [4.78, 5) is 11.2. The second-order valence-electron chi connectivity index (χ2n) is 5.73. The van der Waals surface area contributed by atoms with Crippen molar-refractivity contribution in [3.05, 3.63) is 23.8 Å². The monoisotopic (exact) mass is 246 g/mol. The molecular formula is C14H22N4. The molecule has 1 saturated heterocycles. The van der Waals surface area contributed by atoms with Gasteiger partial charge in [-0.05, 0) is 38.7 Å². The minimum atomic E-state index is 0.593. The third-order valence-corrected chi connectivity index (χ3v) is 4.12. The molecule has 98 valence electrons. The molecule has 2 unspecified atom stereocenters. The molecule has 1 aliphatic carbocycles. The van der Waals surface area contributed by atoms with E-state index in [-0.39, 0.29) is 0 Å². The molecule has 18 heavy (non-hydrogen) atoms. The summed E-state index contributed by atoms with van der Waals surface area (Å²) >= 11 is 0. The maximum absolute atomic E-state index is 4.51. The van der Waals surface area contributed by atoms with Gasteiger partial charge in [0, 0.05) is 37.9 Å². The van der Waals surface area contributed by atoms with Gasteiger partial charge < -0.3 is 5.32 Å². The Labute approximate surface area is 109 Å². The van der Waals surface area contributed by atoms with E-state index in [1.54, 1.807) is 0 Å². The minimum absolute atomic E-state index is 0.593. The van der Waals surface area contributed by atoms with Crippen LogP contribution in [0.15, 0.2) is 12.3 Å². The third-order valence-electron chi connectivity index (χ3n) is 4.12. The first-order valence-corrected chi connectivity index (χ1v) is 6.98. The lowest BCUT2D eigenvalue weighted by molar-refractivity contribution is 0.124. The molecule has 1 N–H and O–H groups in total. The summed E-state index contributed by atoms with van der Waals surface area (Å²) in [5.74, 6) is 1.79. The Morgan fingerprint density at radius 1 is 1.44 bits per heavy atom. The lowest BCUT2D eigenvalue weighted by Gasteiger charge is -2.38. The molecule has 2 fully saturated rings. The zero-order valence-electron chi connectivity index (χ0n) is 11.3. The molecule has 2 atom stereocenters. The van der Waals surface area contributed by atoms with Crippen molar-refractivity contribution < 1.29 is 0 Å². The van der Waals surface area contributed by atoms with E-state index in [0.29, 0.717) is 12.1 Å². The topological polar surface area (TPSA) is 41.1 Å². The van der Waals surface area contributed by atoms with Crippen molar-refractivity contribution in [1.82, 2.24) is 20.2 Å². The second kappa shape index (κ2) is 4.94. The van der Waals surface area contributed by atoms with Crippen LogP contribution in [0.1, 0.15) is 31.3 Å². The van der Waals surface area contributed by atoms with Gasteiger partial charge in [0.2, 0.25) is 0 Å². The maximum Gasteiger partial charge on any atom is 0.125 e. The van der Waals surface area contributed by atoms with Crippen LogP contribution in [0.3, 0.4) is 0 Å². The molecule has 2 aliphatic rings. The fraction of sp³-hybridized carbons (Fsp3) is 0.714. The number of nitrogens with zero attached hydrogens (tertiary/aromatic N) is 3. The molecular weight excluding hydrogens is 224 g/mol. The molecule has 1 aromatic heterocycles. The van der Waals surface area contributed by atoms with Crippen LogP contribution < -0.4 is 5.32 Å². The van der Waals surface area contributed by atoms with Crippen LogP contribution in [0.2, 0.25) is 0 Å². The van der Waals surface area contributed by atoms with E-state index in [4.69, 9.17) is 0 Å². The standard InChI is InChI=1S/C14H22N4/c1-10-7-16-14(12-3-4-12)9-18(10)8-13-5-6-15-11(2)17-13/h5-6,10,12,14,16H,3-4,7-9H2,1-2H3. The number of hydrogen-bond acceptors (Lipinski definition) is 4. The van der Waals surface area contributed by atoms with Crippen molar-refractivity contribution in [2.45, 2.75) is 45.3 Å². The van der Waals surface area contributed by atoms with E-state index in [9.17, 15) is 0 Å². The molecule has 3 rings (SSSR count). The van der Waals surface area contributed by atoms with Gasteiger partial charge in [0.15, 0.2) is 0 Å². The molecule has 0 bridgehead atoms. The predicted octanol–water partition coefficient (Wildman–Crippen LogP) is 1.36. The predicted molar refractivity (Wildman–Crippen MR) is 71.2 cm³/mol. The summed E-state index contributed by atoms with van der Waals surface area (Å²) in [7, 11) is 0. The Morgan fingerprint density at radius 3 is 3.00 bits per heavy atom. The Kier molecular flexibility index (Phi) is 3.31. The van der Waals surface area contributed by atoms with E-state index < -0.39 is 0 Å². The first kappa shape index (κ1) is 12.1. The van der Waals surface area contributed by atoms with Crippen molar-refractivity contribution in [3.8, 4) is 0 Å². The van der Waals surface area contributed by atoms with E-state index in [2.05, 4.69) is 27.1 Å². The van der Waals surface area contributed by atoms with Crippen molar-refractivity contribution in [2.75, 3.05) is 13.1 Å². The number of piperazine rings is 1. The Hall–Kier alpha value is -1.00. The quantitative estimate of drug-likeness (QED) is 0.874. The van der Waals surface area contributed by atoms with E-state index in [0.717, 1.165) is 37.1 Å². The lowest BCUT2D eigenvalue weighted by atomic mass is 10.1. The van der Waals surface area contributed by atoms with Gasteiger partial charge in [-0.2, -0.15) is 0 Å². The first-order valence-electron chi connectivity index (χ1n) is 6.98. The maximum atomic E-state index is 4.51. The lowest BCUT2D eigenvalue weighted by Crippen LogP contribution is -2.55. The molecule has 1 aromatic rings. The molecule has 0 spiro atoms. The summed E-state index contributed by atoms with van der Waals surface area (Å²) in [6.07, 6.45) is 4.68. The average Bonchev–Trinajstić information content (AvgIpc) is 3.16. The summed E-state index contributed by atoms with van der Waals surface area (Å²) in [6, 6.07) is 3.33. The summed E-state index contributed by atoms with van der Waals surface area (Å²) < 4.78 is 0. The zero-order chi connectivity index (χ0) is 12.5. The molecule has 0 radical (unpaired) electrons. The molecule has 2 heterocycles. The average molecular weight is 246 g/mol. The van der Waals surface area contributed by atoms with Crippen LogP contribution in [0.25, 0.3) is 0 Å². The van der Waals surface area contributed by atoms with Crippen LogP contribution in [0.5, 0.6) is 0 Å². The zero-order valence-corrected chi connectivity index (χ0v) is 11.3. The SMILES string of the molecule is Cc1nccc(CN2CC(C3CC3)NCC2C)n1. The number of aromatic nitrogens is 2. The molecule has 4 heteroatoms. The van der Waals surface area contributed by atoms with Crippen molar-refractivity contribution in [1.29, 1.82) is 0 Å². The van der Waals surface area contributed by atoms with Crippen LogP contribution >= 0.6 is 0 Å². The van der Waals surface area contributed by atoms with Crippen molar-refractivity contribution in [2.24, 2.45) is 5.92 Å². The van der Waals surface area contributed by atoms with Crippen molar-refractivity contribution >= 4 is 0 Å². The summed E-state index contributed by atoms with van der Waals surface area (Å²) in [5.41, 5.74) is 1.14. The van der Waals surface area contributed by atoms with Gasteiger partial charge in [0.25, 0.3) is 0 Å². The summed E-state index contributed by atoms with van der Waals surface area (Å²) in [6.45, 7) is 7.47. The fourth-order valence-electron chi connectivity index (χ4n) is 2.78. The highest BCUT2D eigenvalue weighted by Crippen LogP contribution is 2.34. The van der Waals surface area contributed by atoms with Gasteiger partial charge in [-0.25, -0.2) is 9.97 Å². The third kappa shape index (κ3) is 2.70. The summed E-state index contributed by atoms with van der Waals surface area (Å²) in [5, 5.41) is 3.68. The van der Waals surface area contributed by atoms with Gasteiger partial charge >= 0.3 is 0 Å². The minimum Gasteiger partial charge on any atom is -0.311 e. The van der Waals surface area contributed by atoms with E-state index >= 15 is 0 Å². The Balaban J connectivity index is 1.66. The van der Waals surface area contributed by atoms with Gasteiger partial charge in [0.1, 0.15) is 5.82 Å². The molecule has 4 nitrogen and oxygen atoms in total. The van der Waals surface area contributed by atoms with Gasteiger partial charge in [-0.3, -0.25) is 4.90 Å². The van der Waals surface area contributed by atoms with Crippen LogP contribution in [0, 0.1) is 12.8 Å². The van der Waals surface area contributed by atoms with Crippen LogP contribution in [-0.4, -0.2) is 40.0 Å². The highest BCUT2D eigenvalue weighted by atomic mass is 15.2. The molecule has 1 aliphatic heterocycles. The Bertz CT molecular complexity index is 416. The fourth-order valence-corrected chi connectivity index (χ4v) is 2.78. The normalized spacial score (nSPS) is 29.4. The van der Waals surface area contributed by atoms with E-state index in [1.807, 2.05) is 19.2 Å². The molecule has 1 saturated carbocycles. The number of aryl methyl sites for hydroxylation is 1. The highest BCUT2D eigenvalue weighted by Gasteiger charge is 2.35. The molecule has 0 aromatic carbocycles. The van der Waals surface area contributed by atoms with Gasteiger partial charge in [-0.1, -0.05) is 0 Å². The van der Waals surface area contributed by atoms with Crippen molar-refractivity contribution in [3.63, 3.8) is 0 Å². The largest absolute Gasteiger partial charge is 0.311 e. The van der Waals surface area contributed by atoms with Crippen LogP contribution in [0.4, 0.5) is 0 Å². The van der Waals surface area contributed by atoms with E-state index in [1.165, 1.54) is 12.8 Å². The number of rotatable bonds is 3. The van der Waals surface area contributed by atoms with Gasteiger partial charge in [0.05, 0.1) is 5.69 Å². The number of hydrogen-bond donors (Lipinski definition) is 1. The van der Waals surface area contributed by atoms with Crippen LogP contribution in [-0.2, 0) is 6.54 Å². The first-order chi connectivity index (χ1) is 8.72. The smallest absolute Gasteiger partial charge is 0.125 e. The molecule has 0 amide bonds. The highest BCUT2D eigenvalue weighted by molar-refractivity contribution is 5.03. The second-order valence-corrected chi connectivity index (χ2v) is 5.73. The Morgan fingerprint density at radius 2 is 2.28 bits per heavy atom. The van der Waals surface area contributed by atoms with Gasteiger partial charge in [-0.15, -0.1) is 0 Å².